The van der Waals surface area contributed by atoms with Crippen LogP contribution in [0.2, 0.25) is 0 Å². The van der Waals surface area contributed by atoms with Gasteiger partial charge in [0.25, 0.3) is 0 Å². The van der Waals surface area contributed by atoms with Crippen molar-refractivity contribution < 1.29 is 4.52 Å². The Balaban J connectivity index is 2.85. The summed E-state index contributed by atoms with van der Waals surface area (Å²) in [6.07, 6.45) is 0. The quantitative estimate of drug-likeness (QED) is 0.552. The smallest absolute Gasteiger partial charge is 0.123 e. The molecular weight excluding hydrogens is 289 g/mol. The largest absolute Gasteiger partial charge is 0.474 e. The van der Waals surface area contributed by atoms with E-state index in [-0.39, 0.29) is 0 Å². The van der Waals surface area contributed by atoms with E-state index in [4.69, 9.17) is 4.52 Å². The Labute approximate surface area is 139 Å². The van der Waals surface area contributed by atoms with Crippen LogP contribution < -0.4 is 4.52 Å². The van der Waals surface area contributed by atoms with Gasteiger partial charge in [-0.3, -0.25) is 4.90 Å². The number of benzene rings is 1. The summed E-state index contributed by atoms with van der Waals surface area (Å²) >= 11 is 0. The molecule has 3 heteroatoms. The number of nitrogens with zero attached hydrogens (tertiary/aromatic N) is 1. The van der Waals surface area contributed by atoms with Gasteiger partial charge >= 0.3 is 0 Å². The molecule has 0 aliphatic carbocycles. The number of rotatable bonds is 8. The summed E-state index contributed by atoms with van der Waals surface area (Å²) in [6.45, 7) is 19.1. The molecule has 2 nitrogen and oxygen atoms in total. The van der Waals surface area contributed by atoms with Crippen LogP contribution in [0.1, 0.15) is 61.0 Å². The van der Waals surface area contributed by atoms with Crippen molar-refractivity contribution in [2.24, 2.45) is 0 Å². The molecule has 22 heavy (non-hydrogen) atoms. The normalized spacial score (nSPS) is 12.5. The molecule has 0 amide bonds. The van der Waals surface area contributed by atoms with E-state index in [0.717, 1.165) is 12.3 Å². The van der Waals surface area contributed by atoms with Crippen LogP contribution >= 0.6 is 8.15 Å². The monoisotopic (exact) mass is 323 g/mol. The van der Waals surface area contributed by atoms with Crippen LogP contribution in [0.5, 0.6) is 5.75 Å². The van der Waals surface area contributed by atoms with Gasteiger partial charge < -0.3 is 4.52 Å². The molecule has 0 spiro atoms. The first kappa shape index (κ1) is 19.5. The van der Waals surface area contributed by atoms with Crippen molar-refractivity contribution in [3.8, 4) is 5.75 Å². The van der Waals surface area contributed by atoms with Crippen LogP contribution in [-0.2, 0) is 6.54 Å². The predicted octanol–water partition coefficient (Wildman–Crippen LogP) is 5.90. The van der Waals surface area contributed by atoms with E-state index >= 15 is 0 Å². The molecule has 0 aromatic heterocycles. The molecule has 0 radical (unpaired) electrons. The molecule has 0 aliphatic heterocycles. The van der Waals surface area contributed by atoms with Gasteiger partial charge in [-0.25, -0.2) is 0 Å². The minimum atomic E-state index is -0.426. The van der Waals surface area contributed by atoms with Gasteiger partial charge in [-0.15, -0.1) is 0 Å². The molecule has 126 valence electrons. The summed E-state index contributed by atoms with van der Waals surface area (Å²) in [5.74, 6) is 1.03. The summed E-state index contributed by atoms with van der Waals surface area (Å²) < 4.78 is 6.33. The molecule has 0 heterocycles. The average Bonchev–Trinajstić information content (AvgIpc) is 2.41. The zero-order valence-corrected chi connectivity index (χ0v) is 16.5. The van der Waals surface area contributed by atoms with Crippen LogP contribution in [0.4, 0.5) is 0 Å². The van der Waals surface area contributed by atoms with Gasteiger partial charge in [-0.05, 0) is 45.4 Å². The minimum Gasteiger partial charge on any atom is -0.474 e. The fourth-order valence-corrected chi connectivity index (χ4v) is 4.77. The molecular formula is C19H34NOP. The predicted molar refractivity (Wildman–Crippen MR) is 100 cm³/mol. The lowest BCUT2D eigenvalue weighted by atomic mass is 10.1. The number of hydrogen-bond donors (Lipinski definition) is 0. The average molecular weight is 323 g/mol. The minimum absolute atomic E-state index is 0.426. The third kappa shape index (κ3) is 5.89. The summed E-state index contributed by atoms with van der Waals surface area (Å²) in [5, 5.41) is 0. The number of hydrogen-bond acceptors (Lipinski definition) is 2. The Kier molecular flexibility index (Phi) is 7.86. The molecule has 0 unspecified atom stereocenters. The zero-order chi connectivity index (χ0) is 16.9. The van der Waals surface area contributed by atoms with Crippen molar-refractivity contribution in [2.45, 2.75) is 85.3 Å². The van der Waals surface area contributed by atoms with Crippen molar-refractivity contribution >= 4 is 8.15 Å². The fourth-order valence-electron chi connectivity index (χ4n) is 2.80. The van der Waals surface area contributed by atoms with Crippen LogP contribution in [0.25, 0.3) is 0 Å². The van der Waals surface area contributed by atoms with E-state index < -0.39 is 8.15 Å². The highest BCUT2D eigenvalue weighted by Crippen LogP contribution is 2.47. The van der Waals surface area contributed by atoms with Gasteiger partial charge in [-0.1, -0.05) is 39.8 Å². The Morgan fingerprint density at radius 3 is 1.91 bits per heavy atom. The van der Waals surface area contributed by atoms with Crippen LogP contribution in [0.3, 0.4) is 0 Å². The van der Waals surface area contributed by atoms with Crippen molar-refractivity contribution in [1.82, 2.24) is 4.90 Å². The van der Waals surface area contributed by atoms with E-state index in [2.05, 4.69) is 84.6 Å². The highest BCUT2D eigenvalue weighted by atomic mass is 31.1. The highest BCUT2D eigenvalue weighted by Gasteiger charge is 2.20. The molecule has 0 aliphatic rings. The van der Waals surface area contributed by atoms with Crippen molar-refractivity contribution in [2.75, 3.05) is 0 Å². The second-order valence-electron chi connectivity index (χ2n) is 7.15. The first-order valence-corrected chi connectivity index (χ1v) is 9.93. The topological polar surface area (TPSA) is 12.5 Å². The van der Waals surface area contributed by atoms with Crippen molar-refractivity contribution in [3.05, 3.63) is 29.8 Å². The van der Waals surface area contributed by atoms with Gasteiger partial charge in [-0.2, -0.15) is 0 Å². The van der Waals surface area contributed by atoms with E-state index in [0.29, 0.717) is 23.4 Å². The van der Waals surface area contributed by atoms with Crippen LogP contribution in [0.15, 0.2) is 24.3 Å². The second kappa shape index (κ2) is 8.89. The SMILES string of the molecule is CC(C)N(Cc1cccc(OP(C(C)C)C(C)C)c1)C(C)C. The summed E-state index contributed by atoms with van der Waals surface area (Å²) in [5.41, 5.74) is 2.50. The molecule has 1 aromatic carbocycles. The summed E-state index contributed by atoms with van der Waals surface area (Å²) in [4.78, 5) is 2.51. The van der Waals surface area contributed by atoms with Crippen molar-refractivity contribution in [3.63, 3.8) is 0 Å². The third-order valence-electron chi connectivity index (χ3n) is 3.82. The lowest BCUT2D eigenvalue weighted by Gasteiger charge is -2.31. The van der Waals surface area contributed by atoms with Gasteiger partial charge in [0, 0.05) is 29.9 Å². The Morgan fingerprint density at radius 2 is 1.45 bits per heavy atom. The van der Waals surface area contributed by atoms with E-state index in [9.17, 15) is 0 Å². The fraction of sp³-hybridized carbons (Fsp3) is 0.684. The van der Waals surface area contributed by atoms with Crippen molar-refractivity contribution in [1.29, 1.82) is 0 Å². The molecule has 0 bridgehead atoms. The van der Waals surface area contributed by atoms with Gasteiger partial charge in [0.05, 0.1) is 8.15 Å². The van der Waals surface area contributed by atoms with Gasteiger partial charge in [0.1, 0.15) is 5.75 Å². The van der Waals surface area contributed by atoms with Crippen LogP contribution in [-0.4, -0.2) is 28.3 Å². The highest BCUT2D eigenvalue weighted by molar-refractivity contribution is 7.54. The first-order chi connectivity index (χ1) is 10.2. The lowest BCUT2D eigenvalue weighted by molar-refractivity contribution is 0.166. The van der Waals surface area contributed by atoms with Crippen LogP contribution in [0, 0.1) is 0 Å². The Morgan fingerprint density at radius 1 is 0.909 bits per heavy atom. The standard InChI is InChI=1S/C19H34NOP/c1-14(2)20(15(3)4)13-18-10-9-11-19(12-18)21-22(16(5)6)17(7)8/h9-12,14-17H,13H2,1-8H3. The van der Waals surface area contributed by atoms with E-state index in [1.54, 1.807) is 0 Å². The molecule has 0 saturated heterocycles. The molecule has 0 fully saturated rings. The second-order valence-corrected chi connectivity index (χ2v) is 10.1. The molecule has 1 rings (SSSR count). The lowest BCUT2D eigenvalue weighted by Crippen LogP contribution is -2.36. The third-order valence-corrected chi connectivity index (χ3v) is 6.28. The zero-order valence-electron chi connectivity index (χ0n) is 15.6. The summed E-state index contributed by atoms with van der Waals surface area (Å²) in [7, 11) is -0.426. The molecule has 0 saturated carbocycles. The van der Waals surface area contributed by atoms with Gasteiger partial charge in [0.15, 0.2) is 0 Å². The maximum absolute atomic E-state index is 6.33. The molecule has 0 N–H and O–H groups in total. The maximum atomic E-state index is 6.33. The van der Waals surface area contributed by atoms with E-state index in [1.165, 1.54) is 5.56 Å². The summed E-state index contributed by atoms with van der Waals surface area (Å²) in [6, 6.07) is 9.74. The van der Waals surface area contributed by atoms with E-state index in [1.807, 2.05) is 0 Å². The first-order valence-electron chi connectivity index (χ1n) is 8.53. The molecule has 0 atom stereocenters. The Bertz CT molecular complexity index is 390. The molecule has 1 aromatic rings. The maximum Gasteiger partial charge on any atom is 0.123 e. The Hall–Kier alpha value is -0.590. The van der Waals surface area contributed by atoms with Gasteiger partial charge in [0.2, 0.25) is 0 Å².